The first-order chi connectivity index (χ1) is 18.0. The summed E-state index contributed by atoms with van der Waals surface area (Å²) in [5.74, 6) is -2.32. The van der Waals surface area contributed by atoms with Crippen molar-refractivity contribution in [3.8, 4) is 11.5 Å². The van der Waals surface area contributed by atoms with Crippen LogP contribution in [-0.2, 0) is 6.42 Å². The van der Waals surface area contributed by atoms with E-state index in [-0.39, 0.29) is 22.6 Å². The average molecular weight is 513 g/mol. The number of unbranched alkanes of at least 4 members (excludes halogenated alkanes) is 11. The molecule has 0 amide bonds. The molecule has 2 N–H and O–H groups in total. The Balaban J connectivity index is 1.83. The van der Waals surface area contributed by atoms with Crippen molar-refractivity contribution in [2.75, 3.05) is 13.2 Å². The second-order valence-electron chi connectivity index (χ2n) is 9.60. The first kappa shape index (κ1) is 30.2. The van der Waals surface area contributed by atoms with Crippen molar-refractivity contribution < 1.29 is 29.3 Å². The van der Waals surface area contributed by atoms with Gasteiger partial charge in [0.1, 0.15) is 5.56 Å². The lowest BCUT2D eigenvalue weighted by molar-refractivity contribution is 0.0646. The Morgan fingerprint density at radius 1 is 0.649 bits per heavy atom. The molecule has 0 unspecified atom stereocenters. The van der Waals surface area contributed by atoms with Gasteiger partial charge in [0.25, 0.3) is 0 Å². The molecule has 0 spiro atoms. The van der Waals surface area contributed by atoms with Crippen LogP contribution in [-0.4, -0.2) is 35.4 Å². The van der Waals surface area contributed by atoms with Gasteiger partial charge in [-0.1, -0.05) is 95.0 Å². The normalized spacial score (nSPS) is 10.8. The average Bonchev–Trinajstić information content (AvgIpc) is 2.89. The maximum absolute atomic E-state index is 12.0. The van der Waals surface area contributed by atoms with E-state index in [1.54, 1.807) is 0 Å². The third kappa shape index (κ3) is 11.7. The highest BCUT2D eigenvalue weighted by Crippen LogP contribution is 2.35. The van der Waals surface area contributed by atoms with Crippen molar-refractivity contribution in [3.63, 3.8) is 0 Å². The van der Waals surface area contributed by atoms with E-state index in [0.29, 0.717) is 13.2 Å². The standard InChI is InChI=1S/C31H44O6/c1-2-3-4-5-6-7-8-9-10-16-24-37-29-27(22-21-26(30(32)33)28(29)31(34)35)36-23-17-12-15-20-25-18-13-11-14-19-25/h11,13-14,18-19,21-22H,2-10,12,15-17,20,23-24H2,1H3,(H,32,33)(H,34,35). The van der Waals surface area contributed by atoms with Gasteiger partial charge in [-0.25, -0.2) is 9.59 Å². The van der Waals surface area contributed by atoms with E-state index in [1.165, 1.54) is 62.6 Å². The number of benzene rings is 2. The lowest BCUT2D eigenvalue weighted by atomic mass is 10.1. The highest BCUT2D eigenvalue weighted by atomic mass is 16.5. The van der Waals surface area contributed by atoms with Gasteiger partial charge < -0.3 is 19.7 Å². The molecule has 0 fully saturated rings. The Morgan fingerprint density at radius 2 is 1.22 bits per heavy atom. The van der Waals surface area contributed by atoms with Gasteiger partial charge in [-0.3, -0.25) is 0 Å². The summed E-state index contributed by atoms with van der Waals surface area (Å²) >= 11 is 0. The number of carboxylic acids is 2. The molecule has 2 aromatic carbocycles. The maximum atomic E-state index is 12.0. The zero-order chi connectivity index (χ0) is 26.7. The molecular weight excluding hydrogens is 468 g/mol. The minimum absolute atomic E-state index is 0.0209. The Kier molecular flexibility index (Phi) is 14.9. The number of hydrogen-bond donors (Lipinski definition) is 2. The summed E-state index contributed by atoms with van der Waals surface area (Å²) in [5.41, 5.74) is 0.670. The van der Waals surface area contributed by atoms with Crippen molar-refractivity contribution in [3.05, 3.63) is 59.2 Å². The summed E-state index contributed by atoms with van der Waals surface area (Å²) in [6.07, 6.45) is 15.7. The van der Waals surface area contributed by atoms with E-state index in [1.807, 2.05) is 18.2 Å². The van der Waals surface area contributed by atoms with Crippen LogP contribution in [0.4, 0.5) is 0 Å². The van der Waals surface area contributed by atoms with E-state index in [2.05, 4.69) is 19.1 Å². The highest BCUT2D eigenvalue weighted by Gasteiger charge is 2.25. The van der Waals surface area contributed by atoms with Crippen molar-refractivity contribution in [1.29, 1.82) is 0 Å². The molecule has 204 valence electrons. The van der Waals surface area contributed by atoms with Crippen LogP contribution in [0.1, 0.15) is 117 Å². The summed E-state index contributed by atoms with van der Waals surface area (Å²) < 4.78 is 11.7. The smallest absolute Gasteiger partial charge is 0.340 e. The van der Waals surface area contributed by atoms with Crippen LogP contribution in [0.3, 0.4) is 0 Å². The van der Waals surface area contributed by atoms with Crippen molar-refractivity contribution in [2.45, 2.75) is 96.8 Å². The van der Waals surface area contributed by atoms with Crippen LogP contribution in [0.5, 0.6) is 11.5 Å². The fourth-order valence-electron chi connectivity index (χ4n) is 4.41. The molecule has 0 aliphatic carbocycles. The molecule has 6 heteroatoms. The predicted molar refractivity (Wildman–Crippen MR) is 147 cm³/mol. The van der Waals surface area contributed by atoms with Gasteiger partial charge in [-0.15, -0.1) is 0 Å². The first-order valence-corrected chi connectivity index (χ1v) is 14.0. The minimum atomic E-state index is -1.33. The molecule has 2 aromatic rings. The van der Waals surface area contributed by atoms with Gasteiger partial charge >= 0.3 is 11.9 Å². The minimum Gasteiger partial charge on any atom is -0.490 e. The molecule has 0 atom stereocenters. The highest BCUT2D eigenvalue weighted by molar-refractivity contribution is 6.04. The van der Waals surface area contributed by atoms with Gasteiger partial charge in [-0.05, 0) is 49.8 Å². The van der Waals surface area contributed by atoms with Crippen LogP contribution in [0.2, 0.25) is 0 Å². The third-order valence-corrected chi connectivity index (χ3v) is 6.52. The van der Waals surface area contributed by atoms with E-state index in [9.17, 15) is 19.8 Å². The third-order valence-electron chi connectivity index (χ3n) is 6.52. The van der Waals surface area contributed by atoms with E-state index in [0.717, 1.165) is 44.9 Å². The van der Waals surface area contributed by atoms with E-state index < -0.39 is 11.9 Å². The number of hydrogen-bond acceptors (Lipinski definition) is 4. The lowest BCUT2D eigenvalue weighted by Crippen LogP contribution is -2.13. The van der Waals surface area contributed by atoms with Crippen LogP contribution in [0.15, 0.2) is 42.5 Å². The molecule has 0 aromatic heterocycles. The molecule has 37 heavy (non-hydrogen) atoms. The molecule has 0 saturated carbocycles. The molecule has 6 nitrogen and oxygen atoms in total. The lowest BCUT2D eigenvalue weighted by Gasteiger charge is -2.16. The zero-order valence-electron chi connectivity index (χ0n) is 22.4. The van der Waals surface area contributed by atoms with Crippen LogP contribution in [0, 0.1) is 0 Å². The number of rotatable bonds is 21. The molecule has 0 saturated heterocycles. The Morgan fingerprint density at radius 3 is 1.81 bits per heavy atom. The van der Waals surface area contributed by atoms with Gasteiger partial charge in [0.2, 0.25) is 0 Å². The summed E-state index contributed by atoms with van der Waals surface area (Å²) in [4.78, 5) is 23.6. The summed E-state index contributed by atoms with van der Waals surface area (Å²) in [5, 5.41) is 19.2. The number of carbonyl (C=O) groups is 2. The quantitative estimate of drug-likeness (QED) is 0.164. The van der Waals surface area contributed by atoms with E-state index in [4.69, 9.17) is 9.47 Å². The van der Waals surface area contributed by atoms with Gasteiger partial charge in [0.05, 0.1) is 18.8 Å². The molecular formula is C31H44O6. The summed E-state index contributed by atoms with van der Waals surface area (Å²) in [6.45, 7) is 2.96. The van der Waals surface area contributed by atoms with Crippen molar-refractivity contribution in [2.24, 2.45) is 0 Å². The van der Waals surface area contributed by atoms with Crippen LogP contribution in [0.25, 0.3) is 0 Å². The molecule has 0 aliphatic rings. The van der Waals surface area contributed by atoms with Crippen molar-refractivity contribution >= 4 is 11.9 Å². The van der Waals surface area contributed by atoms with E-state index >= 15 is 0 Å². The second-order valence-corrected chi connectivity index (χ2v) is 9.60. The summed E-state index contributed by atoms with van der Waals surface area (Å²) in [6, 6.07) is 13.1. The molecule has 0 heterocycles. The number of aromatic carboxylic acids is 2. The fourth-order valence-corrected chi connectivity index (χ4v) is 4.41. The molecule has 0 bridgehead atoms. The largest absolute Gasteiger partial charge is 0.490 e. The maximum Gasteiger partial charge on any atom is 0.340 e. The fraction of sp³-hybridized carbons (Fsp3) is 0.548. The first-order valence-electron chi connectivity index (χ1n) is 14.0. The van der Waals surface area contributed by atoms with Gasteiger partial charge in [0.15, 0.2) is 11.5 Å². The van der Waals surface area contributed by atoms with Crippen molar-refractivity contribution in [1.82, 2.24) is 0 Å². The molecule has 2 rings (SSSR count). The predicted octanol–water partition coefficient (Wildman–Crippen LogP) is 8.17. The van der Waals surface area contributed by atoms with Crippen LogP contribution < -0.4 is 9.47 Å². The zero-order valence-corrected chi connectivity index (χ0v) is 22.4. The Hall–Kier alpha value is -3.02. The second kappa shape index (κ2) is 18.3. The Labute approximate surface area is 222 Å². The molecule has 0 aliphatic heterocycles. The number of ether oxygens (including phenoxy) is 2. The monoisotopic (exact) mass is 512 g/mol. The topological polar surface area (TPSA) is 93.1 Å². The van der Waals surface area contributed by atoms with Gasteiger partial charge in [-0.2, -0.15) is 0 Å². The van der Waals surface area contributed by atoms with Gasteiger partial charge in [0, 0.05) is 0 Å². The SMILES string of the molecule is CCCCCCCCCCCCOc1c(OCCCCCc2ccccc2)ccc(C(=O)O)c1C(=O)O. The number of carboxylic acid groups (broad SMARTS) is 2. The number of aryl methyl sites for hydroxylation is 1. The summed E-state index contributed by atoms with van der Waals surface area (Å²) in [7, 11) is 0. The molecule has 0 radical (unpaired) electrons. The Bertz CT molecular complexity index is 925. The van der Waals surface area contributed by atoms with Crippen LogP contribution >= 0.6 is 0 Å².